The van der Waals surface area contributed by atoms with E-state index in [1.54, 1.807) is 12.4 Å². The van der Waals surface area contributed by atoms with Gasteiger partial charge in [0.15, 0.2) is 0 Å². The van der Waals surface area contributed by atoms with Gasteiger partial charge in [0.05, 0.1) is 12.1 Å². The largest absolute Gasteiger partial charge is 0.332 e. The third-order valence-electron chi connectivity index (χ3n) is 3.61. The minimum Gasteiger partial charge on any atom is -0.332 e. The van der Waals surface area contributed by atoms with Crippen molar-refractivity contribution in [3.8, 4) is 0 Å². The maximum Gasteiger partial charge on any atom is 0.315 e. The van der Waals surface area contributed by atoms with Gasteiger partial charge in [-0.15, -0.1) is 0 Å². The van der Waals surface area contributed by atoms with E-state index in [0.29, 0.717) is 0 Å². The Kier molecular flexibility index (Phi) is 6.11. The van der Waals surface area contributed by atoms with Crippen LogP contribution >= 0.6 is 0 Å². The van der Waals surface area contributed by atoms with Gasteiger partial charge in [0.2, 0.25) is 0 Å². The Labute approximate surface area is 137 Å². The first kappa shape index (κ1) is 17.0. The van der Waals surface area contributed by atoms with Crippen LogP contribution in [-0.2, 0) is 0 Å². The first-order valence-electron chi connectivity index (χ1n) is 7.73. The summed E-state index contributed by atoms with van der Waals surface area (Å²) in [5.74, 6) is 0. The van der Waals surface area contributed by atoms with Crippen LogP contribution in [0.5, 0.6) is 0 Å². The van der Waals surface area contributed by atoms with Crippen LogP contribution < -0.4 is 10.6 Å². The van der Waals surface area contributed by atoms with Gasteiger partial charge in [0.25, 0.3) is 0 Å². The molecule has 2 N–H and O–H groups in total. The standard InChI is InChI=1S/C18H24N4O/c1-14(15-9-11-19-12-10-15)20-18(23)21-17(13-22(2)3)16-7-5-4-6-8-16/h4-12,14,17H,13H2,1-3H3,(H2,20,21,23). The molecule has 1 aromatic carbocycles. The molecule has 2 unspecified atom stereocenters. The van der Waals surface area contributed by atoms with Crippen LogP contribution in [0.1, 0.15) is 30.1 Å². The summed E-state index contributed by atoms with van der Waals surface area (Å²) in [4.78, 5) is 18.4. The quantitative estimate of drug-likeness (QED) is 0.862. The Hall–Kier alpha value is -2.40. The van der Waals surface area contributed by atoms with Gasteiger partial charge in [0, 0.05) is 18.9 Å². The highest BCUT2D eigenvalue weighted by molar-refractivity contribution is 5.75. The molecule has 2 rings (SSSR count). The minimum atomic E-state index is -0.176. The van der Waals surface area contributed by atoms with Crippen LogP contribution in [-0.4, -0.2) is 36.6 Å². The van der Waals surface area contributed by atoms with Crippen molar-refractivity contribution in [3.05, 3.63) is 66.0 Å². The molecule has 0 saturated heterocycles. The molecule has 0 aliphatic carbocycles. The molecule has 0 spiro atoms. The molecule has 0 aliphatic rings. The number of likely N-dealkylation sites (N-methyl/N-ethyl adjacent to an activating group) is 1. The summed E-state index contributed by atoms with van der Waals surface area (Å²) in [5.41, 5.74) is 2.12. The van der Waals surface area contributed by atoms with Crippen molar-refractivity contribution < 1.29 is 4.79 Å². The highest BCUT2D eigenvalue weighted by Gasteiger charge is 2.17. The number of pyridine rings is 1. The topological polar surface area (TPSA) is 57.3 Å². The Balaban J connectivity index is 2.00. The number of nitrogens with zero attached hydrogens (tertiary/aromatic N) is 2. The highest BCUT2D eigenvalue weighted by Crippen LogP contribution is 2.14. The summed E-state index contributed by atoms with van der Waals surface area (Å²) in [5, 5.41) is 6.03. The maximum atomic E-state index is 12.3. The number of aromatic nitrogens is 1. The van der Waals surface area contributed by atoms with E-state index in [1.807, 2.05) is 63.5 Å². The zero-order valence-corrected chi connectivity index (χ0v) is 13.9. The molecule has 1 heterocycles. The SMILES string of the molecule is CC(NC(=O)NC(CN(C)C)c1ccccc1)c1ccncc1. The Bertz CT molecular complexity index is 601. The van der Waals surface area contributed by atoms with Crippen molar-refractivity contribution in [2.24, 2.45) is 0 Å². The molecule has 0 radical (unpaired) electrons. The smallest absolute Gasteiger partial charge is 0.315 e. The molecule has 2 aromatic rings. The second kappa shape index (κ2) is 8.29. The predicted molar refractivity (Wildman–Crippen MR) is 92.1 cm³/mol. The van der Waals surface area contributed by atoms with E-state index in [4.69, 9.17) is 0 Å². The number of benzene rings is 1. The Morgan fingerprint density at radius 1 is 1.04 bits per heavy atom. The Morgan fingerprint density at radius 3 is 2.30 bits per heavy atom. The van der Waals surface area contributed by atoms with Crippen molar-refractivity contribution in [2.75, 3.05) is 20.6 Å². The number of hydrogen-bond donors (Lipinski definition) is 2. The van der Waals surface area contributed by atoms with Gasteiger partial charge in [-0.05, 0) is 44.3 Å². The maximum absolute atomic E-state index is 12.3. The van der Waals surface area contributed by atoms with Crippen molar-refractivity contribution in [1.82, 2.24) is 20.5 Å². The van der Waals surface area contributed by atoms with E-state index >= 15 is 0 Å². The molecule has 2 atom stereocenters. The predicted octanol–water partition coefficient (Wildman–Crippen LogP) is 2.74. The molecule has 0 bridgehead atoms. The minimum absolute atomic E-state index is 0.0594. The molecule has 2 amide bonds. The third kappa shape index (κ3) is 5.38. The fourth-order valence-electron chi connectivity index (χ4n) is 2.42. The molecule has 5 nitrogen and oxygen atoms in total. The van der Waals surface area contributed by atoms with Crippen LogP contribution in [0.25, 0.3) is 0 Å². The van der Waals surface area contributed by atoms with Crippen molar-refractivity contribution in [2.45, 2.75) is 19.0 Å². The van der Waals surface area contributed by atoms with Gasteiger partial charge >= 0.3 is 6.03 Å². The molecule has 5 heteroatoms. The summed E-state index contributed by atoms with van der Waals surface area (Å²) in [7, 11) is 3.99. The highest BCUT2D eigenvalue weighted by atomic mass is 16.2. The monoisotopic (exact) mass is 312 g/mol. The Morgan fingerprint density at radius 2 is 1.70 bits per heavy atom. The fourth-order valence-corrected chi connectivity index (χ4v) is 2.42. The lowest BCUT2D eigenvalue weighted by atomic mass is 10.1. The van der Waals surface area contributed by atoms with E-state index in [9.17, 15) is 4.79 Å². The summed E-state index contributed by atoms with van der Waals surface area (Å²) >= 11 is 0. The lowest BCUT2D eigenvalue weighted by Gasteiger charge is -2.24. The summed E-state index contributed by atoms with van der Waals surface area (Å²) in [6, 6.07) is 13.5. The average Bonchev–Trinajstić information content (AvgIpc) is 2.55. The van der Waals surface area contributed by atoms with Gasteiger partial charge in [-0.3, -0.25) is 4.98 Å². The molecule has 0 saturated carbocycles. The van der Waals surface area contributed by atoms with E-state index in [1.165, 1.54) is 0 Å². The van der Waals surface area contributed by atoms with E-state index in [2.05, 4.69) is 20.5 Å². The van der Waals surface area contributed by atoms with Crippen molar-refractivity contribution >= 4 is 6.03 Å². The molecule has 0 aliphatic heterocycles. The number of nitrogens with one attached hydrogen (secondary N) is 2. The third-order valence-corrected chi connectivity index (χ3v) is 3.61. The zero-order chi connectivity index (χ0) is 16.7. The van der Waals surface area contributed by atoms with Gasteiger partial charge in [-0.1, -0.05) is 30.3 Å². The normalized spacial score (nSPS) is 13.4. The van der Waals surface area contributed by atoms with Crippen molar-refractivity contribution in [3.63, 3.8) is 0 Å². The van der Waals surface area contributed by atoms with Gasteiger partial charge < -0.3 is 15.5 Å². The van der Waals surface area contributed by atoms with E-state index < -0.39 is 0 Å². The number of rotatable bonds is 6. The second-order valence-electron chi connectivity index (χ2n) is 5.85. The number of amides is 2. The molecular formula is C18H24N4O. The van der Waals surface area contributed by atoms with Crippen LogP contribution in [0.15, 0.2) is 54.9 Å². The van der Waals surface area contributed by atoms with Crippen LogP contribution in [0.4, 0.5) is 4.79 Å². The van der Waals surface area contributed by atoms with E-state index in [0.717, 1.165) is 17.7 Å². The molecule has 122 valence electrons. The van der Waals surface area contributed by atoms with Gasteiger partial charge in [0.1, 0.15) is 0 Å². The summed E-state index contributed by atoms with van der Waals surface area (Å²) in [6.07, 6.45) is 3.45. The first-order chi connectivity index (χ1) is 11.1. The van der Waals surface area contributed by atoms with Crippen LogP contribution in [0, 0.1) is 0 Å². The van der Waals surface area contributed by atoms with Crippen LogP contribution in [0.2, 0.25) is 0 Å². The lowest BCUT2D eigenvalue weighted by Crippen LogP contribution is -2.42. The molecule has 0 fully saturated rings. The number of carbonyl (C=O) groups excluding carboxylic acids is 1. The fraction of sp³-hybridized carbons (Fsp3) is 0.333. The second-order valence-corrected chi connectivity index (χ2v) is 5.85. The van der Waals surface area contributed by atoms with Gasteiger partial charge in [-0.25, -0.2) is 4.79 Å². The van der Waals surface area contributed by atoms with Gasteiger partial charge in [-0.2, -0.15) is 0 Å². The first-order valence-corrected chi connectivity index (χ1v) is 7.73. The van der Waals surface area contributed by atoms with E-state index in [-0.39, 0.29) is 18.1 Å². The number of carbonyl (C=O) groups is 1. The van der Waals surface area contributed by atoms with Crippen molar-refractivity contribution in [1.29, 1.82) is 0 Å². The molecular weight excluding hydrogens is 288 g/mol. The summed E-state index contributed by atoms with van der Waals surface area (Å²) in [6.45, 7) is 2.69. The average molecular weight is 312 g/mol. The van der Waals surface area contributed by atoms with Crippen LogP contribution in [0.3, 0.4) is 0 Å². The number of urea groups is 1. The molecule has 1 aromatic heterocycles. The zero-order valence-electron chi connectivity index (χ0n) is 13.9. The number of hydrogen-bond acceptors (Lipinski definition) is 3. The molecule has 23 heavy (non-hydrogen) atoms. The summed E-state index contributed by atoms with van der Waals surface area (Å²) < 4.78 is 0. The lowest BCUT2D eigenvalue weighted by molar-refractivity contribution is 0.230.